The fourth-order valence-corrected chi connectivity index (χ4v) is 3.49. The summed E-state index contributed by atoms with van der Waals surface area (Å²) >= 11 is 0. The number of hydrogen-bond acceptors (Lipinski definition) is 7. The summed E-state index contributed by atoms with van der Waals surface area (Å²) in [6, 6.07) is 1.44. The largest absolute Gasteiger partial charge is 0.509 e. The Morgan fingerprint density at radius 2 is 2.03 bits per heavy atom. The molecule has 0 spiro atoms. The van der Waals surface area contributed by atoms with E-state index in [9.17, 15) is 27.9 Å². The number of aliphatic hydroxyl groups excluding tert-OH is 1. The minimum absolute atomic E-state index is 0.0476. The summed E-state index contributed by atoms with van der Waals surface area (Å²) in [6.07, 6.45) is -2.25. The van der Waals surface area contributed by atoms with Crippen LogP contribution in [0.3, 0.4) is 0 Å². The molecule has 0 bridgehead atoms. The van der Waals surface area contributed by atoms with Gasteiger partial charge in [0.05, 0.1) is 13.2 Å². The molecule has 0 saturated carbocycles. The molecule has 3 rings (SSSR count). The molecule has 2 aliphatic rings. The first-order valence-electron chi connectivity index (χ1n) is 9.24. The zero-order chi connectivity index (χ0) is 21.2. The molecule has 0 aliphatic carbocycles. The molecule has 11 heteroatoms. The third-order valence-corrected chi connectivity index (χ3v) is 4.92. The molecule has 1 saturated heterocycles. The van der Waals surface area contributed by atoms with Gasteiger partial charge in [-0.15, -0.1) is 0 Å². The molecule has 29 heavy (non-hydrogen) atoms. The van der Waals surface area contributed by atoms with E-state index in [2.05, 4.69) is 9.97 Å². The van der Waals surface area contributed by atoms with Gasteiger partial charge in [0.1, 0.15) is 11.6 Å². The van der Waals surface area contributed by atoms with E-state index in [-0.39, 0.29) is 36.2 Å². The lowest BCUT2D eigenvalue weighted by molar-refractivity contribution is -0.145. The molecular weight excluding hydrogens is 393 g/mol. The molecule has 1 fully saturated rings. The average Bonchev–Trinajstić information content (AvgIpc) is 2.95. The van der Waals surface area contributed by atoms with Gasteiger partial charge < -0.3 is 19.6 Å². The lowest BCUT2D eigenvalue weighted by Crippen LogP contribution is -2.40. The second kappa shape index (κ2) is 8.26. The van der Waals surface area contributed by atoms with Crippen LogP contribution >= 0.6 is 0 Å². The first kappa shape index (κ1) is 20.9. The third-order valence-electron chi connectivity index (χ3n) is 4.92. The smallest absolute Gasteiger partial charge is 0.451 e. The maximum atomic E-state index is 12.8. The van der Waals surface area contributed by atoms with Crippen LogP contribution < -0.4 is 4.90 Å². The van der Waals surface area contributed by atoms with Gasteiger partial charge in [-0.2, -0.15) is 13.2 Å². The van der Waals surface area contributed by atoms with Crippen molar-refractivity contribution >= 4 is 17.7 Å². The Bertz CT molecular complexity index is 820. The first-order valence-corrected chi connectivity index (χ1v) is 9.24. The summed E-state index contributed by atoms with van der Waals surface area (Å²) in [5.74, 6) is -2.56. The highest BCUT2D eigenvalue weighted by Crippen LogP contribution is 2.29. The minimum Gasteiger partial charge on any atom is -0.509 e. The molecule has 1 aromatic rings. The monoisotopic (exact) mass is 414 g/mol. The Morgan fingerprint density at radius 1 is 1.34 bits per heavy atom. The number of carbonyl (C=O) groups excluding carboxylic acids is 2. The molecular formula is C18H21F3N4O4. The normalized spacial score (nSPS) is 18.6. The van der Waals surface area contributed by atoms with Crippen LogP contribution in [-0.2, 0) is 20.5 Å². The molecule has 158 valence electrons. The average molecular weight is 414 g/mol. The Hall–Kier alpha value is -2.85. The van der Waals surface area contributed by atoms with Gasteiger partial charge >= 0.3 is 12.1 Å². The molecule has 0 aromatic carbocycles. The van der Waals surface area contributed by atoms with Gasteiger partial charge in [-0.3, -0.25) is 4.79 Å². The predicted octanol–water partition coefficient (Wildman–Crippen LogP) is 1.93. The predicted molar refractivity (Wildman–Crippen MR) is 94.8 cm³/mol. The van der Waals surface area contributed by atoms with E-state index < -0.39 is 23.9 Å². The number of amides is 1. The van der Waals surface area contributed by atoms with Crippen LogP contribution in [0.4, 0.5) is 19.0 Å². The molecule has 8 nitrogen and oxygen atoms in total. The minimum atomic E-state index is -4.60. The Kier molecular flexibility index (Phi) is 5.94. The van der Waals surface area contributed by atoms with Crippen molar-refractivity contribution in [2.45, 2.75) is 25.9 Å². The highest BCUT2D eigenvalue weighted by molar-refractivity contribution is 6.18. The quantitative estimate of drug-likeness (QED) is 0.581. The van der Waals surface area contributed by atoms with Crippen LogP contribution in [0.2, 0.25) is 0 Å². The maximum Gasteiger partial charge on any atom is 0.451 e. The van der Waals surface area contributed by atoms with Crippen molar-refractivity contribution in [2.75, 3.05) is 37.7 Å². The van der Waals surface area contributed by atoms with Crippen LogP contribution in [0.5, 0.6) is 0 Å². The summed E-state index contributed by atoms with van der Waals surface area (Å²) in [5, 5.41) is 9.94. The molecule has 0 radical (unpaired) electrons. The van der Waals surface area contributed by atoms with Gasteiger partial charge in [0, 0.05) is 25.8 Å². The number of rotatable bonds is 5. The lowest BCUT2D eigenvalue weighted by atomic mass is 9.96. The highest BCUT2D eigenvalue weighted by Gasteiger charge is 2.38. The standard InChI is InChI=1S/C18H21F3N4O4/c1-2-29-16(28)14-12(26)10-25(15(14)27)9-11-4-7-24(8-5-11)13-3-6-22-17(23-13)18(19,20)21/h3,6,11,26H,2,4-5,7-10H2,1H3. The Morgan fingerprint density at radius 3 is 2.66 bits per heavy atom. The summed E-state index contributed by atoms with van der Waals surface area (Å²) < 4.78 is 43.2. The van der Waals surface area contributed by atoms with E-state index in [1.165, 1.54) is 11.0 Å². The first-order chi connectivity index (χ1) is 13.7. The van der Waals surface area contributed by atoms with Gasteiger partial charge in [0.15, 0.2) is 5.57 Å². The number of aliphatic hydroxyl groups is 1. The summed E-state index contributed by atoms with van der Waals surface area (Å²) in [7, 11) is 0. The molecule has 3 heterocycles. The van der Waals surface area contributed by atoms with E-state index in [0.717, 1.165) is 6.20 Å². The van der Waals surface area contributed by atoms with Gasteiger partial charge in [0.25, 0.3) is 5.91 Å². The van der Waals surface area contributed by atoms with Gasteiger partial charge in [-0.05, 0) is 31.7 Å². The topological polar surface area (TPSA) is 95.9 Å². The van der Waals surface area contributed by atoms with Crippen molar-refractivity contribution in [3.63, 3.8) is 0 Å². The van der Waals surface area contributed by atoms with Crippen LogP contribution in [0.1, 0.15) is 25.6 Å². The fraction of sp³-hybridized carbons (Fsp3) is 0.556. The van der Waals surface area contributed by atoms with E-state index >= 15 is 0 Å². The molecule has 1 aromatic heterocycles. The van der Waals surface area contributed by atoms with Crippen molar-refractivity contribution in [1.29, 1.82) is 0 Å². The molecule has 0 atom stereocenters. The van der Waals surface area contributed by atoms with Crippen LogP contribution in [0.25, 0.3) is 0 Å². The summed E-state index contributed by atoms with van der Waals surface area (Å²) in [6.45, 7) is 2.96. The number of halogens is 3. The number of carbonyl (C=O) groups is 2. The zero-order valence-electron chi connectivity index (χ0n) is 15.8. The van der Waals surface area contributed by atoms with Crippen LogP contribution in [0, 0.1) is 5.92 Å². The number of nitrogens with zero attached hydrogens (tertiary/aromatic N) is 4. The highest BCUT2D eigenvalue weighted by atomic mass is 19.4. The van der Waals surface area contributed by atoms with Crippen molar-refractivity contribution in [3.05, 3.63) is 29.4 Å². The Labute approximate surface area is 165 Å². The molecule has 0 unspecified atom stereocenters. The number of hydrogen-bond donors (Lipinski definition) is 1. The van der Waals surface area contributed by atoms with Crippen LogP contribution in [-0.4, -0.2) is 64.6 Å². The van der Waals surface area contributed by atoms with E-state index in [0.29, 0.717) is 32.5 Å². The second-order valence-electron chi connectivity index (χ2n) is 6.89. The Balaban J connectivity index is 1.56. The van der Waals surface area contributed by atoms with E-state index in [1.54, 1.807) is 11.8 Å². The number of aromatic nitrogens is 2. The SMILES string of the molecule is CCOC(=O)C1=C(O)CN(CC2CCN(c3ccnc(C(F)(F)F)n3)CC2)C1=O. The van der Waals surface area contributed by atoms with E-state index in [1.807, 2.05) is 0 Å². The fourth-order valence-electron chi connectivity index (χ4n) is 3.49. The van der Waals surface area contributed by atoms with Crippen molar-refractivity contribution in [3.8, 4) is 0 Å². The summed E-state index contributed by atoms with van der Waals surface area (Å²) in [5.41, 5.74) is -0.329. The molecule has 1 N–H and O–H groups in total. The van der Waals surface area contributed by atoms with Gasteiger partial charge in [0.2, 0.25) is 5.82 Å². The maximum absolute atomic E-state index is 12.8. The zero-order valence-corrected chi connectivity index (χ0v) is 15.8. The summed E-state index contributed by atoms with van der Waals surface area (Å²) in [4.78, 5) is 34.2. The number of alkyl halides is 3. The molecule has 1 amide bonds. The number of anilines is 1. The number of esters is 1. The second-order valence-corrected chi connectivity index (χ2v) is 6.89. The van der Waals surface area contributed by atoms with Crippen LogP contribution in [0.15, 0.2) is 23.6 Å². The van der Waals surface area contributed by atoms with Crippen molar-refractivity contribution in [1.82, 2.24) is 14.9 Å². The van der Waals surface area contributed by atoms with Gasteiger partial charge in [-0.25, -0.2) is 14.8 Å². The van der Waals surface area contributed by atoms with Crippen molar-refractivity contribution in [2.24, 2.45) is 5.92 Å². The van der Waals surface area contributed by atoms with E-state index in [4.69, 9.17) is 4.74 Å². The number of ether oxygens (including phenoxy) is 1. The lowest BCUT2D eigenvalue weighted by Gasteiger charge is -2.34. The van der Waals surface area contributed by atoms with Gasteiger partial charge in [-0.1, -0.05) is 0 Å². The third kappa shape index (κ3) is 4.60. The van der Waals surface area contributed by atoms with Crippen molar-refractivity contribution < 1.29 is 32.6 Å². The number of piperidine rings is 1. The molecule has 2 aliphatic heterocycles.